The molecule has 116 valence electrons. The number of nitrogens with zero attached hydrogens (tertiary/aromatic N) is 4. The molecule has 0 aromatic carbocycles. The van der Waals surface area contributed by atoms with E-state index in [1.54, 1.807) is 7.05 Å². The summed E-state index contributed by atoms with van der Waals surface area (Å²) < 4.78 is 0. The summed E-state index contributed by atoms with van der Waals surface area (Å²) in [6.07, 6.45) is 3.86. The van der Waals surface area contributed by atoms with Crippen molar-refractivity contribution in [3.63, 3.8) is 0 Å². The average molecular weight is 294 g/mol. The van der Waals surface area contributed by atoms with Crippen LogP contribution in [0, 0.1) is 0 Å². The predicted molar refractivity (Wildman–Crippen MR) is 80.9 cm³/mol. The second-order valence-electron chi connectivity index (χ2n) is 4.82. The van der Waals surface area contributed by atoms with Crippen molar-refractivity contribution in [3.05, 3.63) is 0 Å². The Morgan fingerprint density at radius 1 is 1.19 bits per heavy atom. The van der Waals surface area contributed by atoms with E-state index in [0.717, 1.165) is 25.9 Å². The molecule has 0 aliphatic carbocycles. The quantitative estimate of drug-likeness (QED) is 0.416. The van der Waals surface area contributed by atoms with Gasteiger partial charge in [-0.05, 0) is 19.3 Å². The Bertz CT molecular complexity index is 474. The number of nitrogen functional groups attached to an aromatic ring is 1. The number of hydrogen-bond donors (Lipinski definition) is 4. The third-order valence-electron chi connectivity index (χ3n) is 3.31. The van der Waals surface area contributed by atoms with Crippen molar-refractivity contribution in [3.8, 4) is 0 Å². The molecule has 1 aliphatic heterocycles. The van der Waals surface area contributed by atoms with E-state index in [1.165, 1.54) is 6.42 Å². The molecule has 1 aliphatic rings. The van der Waals surface area contributed by atoms with E-state index >= 15 is 0 Å². The molecule has 2 rings (SSSR count). The van der Waals surface area contributed by atoms with E-state index in [9.17, 15) is 4.79 Å². The summed E-state index contributed by atoms with van der Waals surface area (Å²) in [7, 11) is 1.61. The summed E-state index contributed by atoms with van der Waals surface area (Å²) in [6, 6.07) is 0. The van der Waals surface area contributed by atoms with Gasteiger partial charge in [-0.15, -0.1) is 0 Å². The Morgan fingerprint density at radius 2 is 1.90 bits per heavy atom. The summed E-state index contributed by atoms with van der Waals surface area (Å²) in [5, 5.41) is 5.58. The zero-order valence-electron chi connectivity index (χ0n) is 12.2. The van der Waals surface area contributed by atoms with Gasteiger partial charge in [0.1, 0.15) is 0 Å². The lowest BCUT2D eigenvalue weighted by Gasteiger charge is -2.26. The lowest BCUT2D eigenvalue weighted by Crippen LogP contribution is -2.32. The highest BCUT2D eigenvalue weighted by Crippen LogP contribution is 2.18. The fourth-order valence-electron chi connectivity index (χ4n) is 2.16. The van der Waals surface area contributed by atoms with Crippen LogP contribution >= 0.6 is 0 Å². The highest BCUT2D eigenvalue weighted by Gasteiger charge is 2.16. The molecular formula is C12H22N8O. The maximum absolute atomic E-state index is 11.2. The Labute approximate surface area is 123 Å². The zero-order chi connectivity index (χ0) is 15.1. The molecule has 1 saturated heterocycles. The standard InChI is InChI=1S/C12H22N8O/c1-14-9(21)5-6-15-10-16-11(19-13)18-12(17-10)20-7-3-2-4-8-20/h2-8,13H2,1H3,(H,14,21)(H2,15,16,17,18,19). The lowest BCUT2D eigenvalue weighted by atomic mass is 10.1. The molecule has 1 amide bonds. The Balaban J connectivity index is 2.04. The topological polar surface area (TPSA) is 121 Å². The predicted octanol–water partition coefficient (Wildman–Crippen LogP) is -0.304. The van der Waals surface area contributed by atoms with E-state index in [-0.39, 0.29) is 5.91 Å². The van der Waals surface area contributed by atoms with E-state index in [1.807, 2.05) is 0 Å². The molecule has 2 heterocycles. The molecule has 9 heteroatoms. The van der Waals surface area contributed by atoms with E-state index < -0.39 is 0 Å². The smallest absolute Gasteiger partial charge is 0.243 e. The second-order valence-corrected chi connectivity index (χ2v) is 4.82. The fraction of sp³-hybridized carbons (Fsp3) is 0.667. The molecule has 0 atom stereocenters. The number of hydrazine groups is 1. The van der Waals surface area contributed by atoms with Gasteiger partial charge in [0.25, 0.3) is 0 Å². The van der Waals surface area contributed by atoms with Gasteiger partial charge < -0.3 is 15.5 Å². The van der Waals surface area contributed by atoms with Gasteiger partial charge in [0.2, 0.25) is 23.8 Å². The number of rotatable bonds is 6. The third-order valence-corrected chi connectivity index (χ3v) is 3.31. The number of aromatic nitrogens is 3. The number of nitrogens with one attached hydrogen (secondary N) is 3. The highest BCUT2D eigenvalue weighted by atomic mass is 16.1. The van der Waals surface area contributed by atoms with Gasteiger partial charge in [0.15, 0.2) is 0 Å². The summed E-state index contributed by atoms with van der Waals surface area (Å²) in [5.41, 5.74) is 2.45. The number of hydrogen-bond acceptors (Lipinski definition) is 8. The molecule has 0 saturated carbocycles. The SMILES string of the molecule is CNC(=O)CCNc1nc(NN)nc(N2CCCCC2)n1. The number of nitrogens with two attached hydrogens (primary N) is 1. The fourth-order valence-corrected chi connectivity index (χ4v) is 2.16. The summed E-state index contributed by atoms with van der Waals surface area (Å²) in [6.45, 7) is 2.32. The molecular weight excluding hydrogens is 272 g/mol. The van der Waals surface area contributed by atoms with Crippen molar-refractivity contribution in [2.24, 2.45) is 5.84 Å². The Hall–Kier alpha value is -2.16. The third kappa shape index (κ3) is 4.42. The van der Waals surface area contributed by atoms with Gasteiger partial charge in [-0.3, -0.25) is 10.2 Å². The number of piperidine rings is 1. The first kappa shape index (κ1) is 15.2. The summed E-state index contributed by atoms with van der Waals surface area (Å²) in [5.74, 6) is 6.71. The van der Waals surface area contributed by atoms with Crippen LogP contribution in [0.4, 0.5) is 17.8 Å². The van der Waals surface area contributed by atoms with Crippen molar-refractivity contribution >= 4 is 23.8 Å². The van der Waals surface area contributed by atoms with Crippen LogP contribution in [0.3, 0.4) is 0 Å². The average Bonchev–Trinajstić information content (AvgIpc) is 2.55. The molecule has 0 spiro atoms. The maximum atomic E-state index is 11.2. The van der Waals surface area contributed by atoms with Crippen molar-refractivity contribution < 1.29 is 4.79 Å². The van der Waals surface area contributed by atoms with Crippen molar-refractivity contribution in [2.45, 2.75) is 25.7 Å². The molecule has 21 heavy (non-hydrogen) atoms. The largest absolute Gasteiger partial charge is 0.359 e. The highest BCUT2D eigenvalue weighted by molar-refractivity contribution is 5.75. The molecule has 0 radical (unpaired) electrons. The Kier molecular flexibility index (Phi) is 5.50. The van der Waals surface area contributed by atoms with Gasteiger partial charge >= 0.3 is 0 Å². The summed E-state index contributed by atoms with van der Waals surface area (Å²) >= 11 is 0. The molecule has 5 N–H and O–H groups in total. The van der Waals surface area contributed by atoms with Crippen LogP contribution in [0.15, 0.2) is 0 Å². The van der Waals surface area contributed by atoms with Crippen LogP contribution in [0.1, 0.15) is 25.7 Å². The number of amides is 1. The second kappa shape index (κ2) is 7.58. The lowest BCUT2D eigenvalue weighted by molar-refractivity contribution is -0.120. The van der Waals surface area contributed by atoms with Crippen molar-refractivity contribution in [1.82, 2.24) is 20.3 Å². The van der Waals surface area contributed by atoms with Gasteiger partial charge in [0.05, 0.1) is 0 Å². The molecule has 0 unspecified atom stereocenters. The van der Waals surface area contributed by atoms with Crippen LogP contribution < -0.4 is 26.8 Å². The minimum absolute atomic E-state index is 0.0371. The van der Waals surface area contributed by atoms with E-state index in [2.05, 4.69) is 35.9 Å². The van der Waals surface area contributed by atoms with Crippen LogP contribution in [0.2, 0.25) is 0 Å². The molecule has 9 nitrogen and oxygen atoms in total. The number of anilines is 3. The van der Waals surface area contributed by atoms with Crippen LogP contribution in [0.5, 0.6) is 0 Å². The maximum Gasteiger partial charge on any atom is 0.243 e. The first-order valence-electron chi connectivity index (χ1n) is 7.15. The minimum atomic E-state index is -0.0371. The molecule has 1 aromatic rings. The Morgan fingerprint density at radius 3 is 2.57 bits per heavy atom. The van der Waals surface area contributed by atoms with E-state index in [0.29, 0.717) is 30.8 Å². The number of carbonyl (C=O) groups excluding carboxylic acids is 1. The van der Waals surface area contributed by atoms with Gasteiger partial charge in [-0.25, -0.2) is 5.84 Å². The molecule has 1 fully saturated rings. The monoisotopic (exact) mass is 294 g/mol. The van der Waals surface area contributed by atoms with Gasteiger partial charge in [-0.1, -0.05) is 0 Å². The van der Waals surface area contributed by atoms with Crippen molar-refractivity contribution in [1.29, 1.82) is 0 Å². The van der Waals surface area contributed by atoms with E-state index in [4.69, 9.17) is 5.84 Å². The number of carbonyl (C=O) groups is 1. The summed E-state index contributed by atoms with van der Waals surface area (Å²) in [4.78, 5) is 26.1. The zero-order valence-corrected chi connectivity index (χ0v) is 12.2. The van der Waals surface area contributed by atoms with Gasteiger partial charge in [0, 0.05) is 33.1 Å². The first-order valence-corrected chi connectivity index (χ1v) is 7.15. The normalized spacial score (nSPS) is 14.7. The minimum Gasteiger partial charge on any atom is -0.359 e. The van der Waals surface area contributed by atoms with Crippen LogP contribution in [-0.4, -0.2) is 47.5 Å². The van der Waals surface area contributed by atoms with Crippen LogP contribution in [-0.2, 0) is 4.79 Å². The first-order chi connectivity index (χ1) is 10.2. The molecule has 1 aromatic heterocycles. The van der Waals surface area contributed by atoms with Crippen LogP contribution in [0.25, 0.3) is 0 Å². The molecule has 0 bridgehead atoms. The van der Waals surface area contributed by atoms with Crippen molar-refractivity contribution in [2.75, 3.05) is 42.3 Å². The van der Waals surface area contributed by atoms with Gasteiger partial charge in [-0.2, -0.15) is 15.0 Å².